The van der Waals surface area contributed by atoms with E-state index in [2.05, 4.69) is 29.2 Å². The number of carbonyl (C=O) groups is 1. The van der Waals surface area contributed by atoms with Gasteiger partial charge in [0.15, 0.2) is 0 Å². The number of urea groups is 1. The number of ether oxygens (including phenoxy) is 1. The molecule has 3 saturated carbocycles. The number of nitrogens with zero attached hydrogens (tertiary/aromatic N) is 2. The molecule has 4 fully saturated rings. The molecule has 2 bridgehead atoms. The summed E-state index contributed by atoms with van der Waals surface area (Å²) in [4.78, 5) is 27.2. The first-order valence-electron chi connectivity index (χ1n) is 15.0. The van der Waals surface area contributed by atoms with Crippen molar-refractivity contribution in [3.63, 3.8) is 0 Å². The van der Waals surface area contributed by atoms with Crippen molar-refractivity contribution < 1.29 is 24.4 Å². The Bertz CT molecular complexity index is 849. The van der Waals surface area contributed by atoms with E-state index in [4.69, 9.17) is 20.2 Å². The normalized spacial score (nSPS) is 32.2. The third-order valence-corrected chi connectivity index (χ3v) is 9.24. The van der Waals surface area contributed by atoms with Gasteiger partial charge in [0.2, 0.25) is 0 Å². The fourth-order valence-corrected chi connectivity index (χ4v) is 7.14. The van der Waals surface area contributed by atoms with E-state index in [0.717, 1.165) is 109 Å². The third kappa shape index (κ3) is 7.84. The Labute approximate surface area is 227 Å². The van der Waals surface area contributed by atoms with Crippen molar-refractivity contribution in [3.8, 4) is 5.75 Å². The molecule has 0 radical (unpaired) electrons. The summed E-state index contributed by atoms with van der Waals surface area (Å²) in [6, 6.07) is 8.37. The van der Waals surface area contributed by atoms with Gasteiger partial charge in [-0.1, -0.05) is 12.1 Å². The number of benzene rings is 1. The van der Waals surface area contributed by atoms with Crippen molar-refractivity contribution in [2.45, 2.75) is 94.9 Å². The molecule has 3 N–H and O–H groups in total. The summed E-state index contributed by atoms with van der Waals surface area (Å²) >= 11 is 0. The van der Waals surface area contributed by atoms with Crippen LogP contribution in [0.15, 0.2) is 24.3 Å². The molecule has 2 atom stereocenters. The molecule has 0 aromatic heterocycles. The second-order valence-electron chi connectivity index (χ2n) is 12.1. The Morgan fingerprint density at radius 3 is 2.16 bits per heavy atom. The van der Waals surface area contributed by atoms with Crippen molar-refractivity contribution in [2.24, 2.45) is 17.6 Å². The largest absolute Gasteiger partial charge is 0.494 e. The summed E-state index contributed by atoms with van der Waals surface area (Å²) < 4.78 is 5.99. The quantitative estimate of drug-likeness (QED) is 0.264. The van der Waals surface area contributed by atoms with Crippen LogP contribution < -0.4 is 10.5 Å². The van der Waals surface area contributed by atoms with Crippen LogP contribution in [-0.2, 0) is 9.78 Å². The van der Waals surface area contributed by atoms with Gasteiger partial charge in [-0.05, 0) is 113 Å². The number of fused-ring (bicyclic) bond motifs is 2. The minimum Gasteiger partial charge on any atom is -0.494 e. The summed E-state index contributed by atoms with van der Waals surface area (Å²) in [7, 11) is 0. The molecule has 8 heteroatoms. The fraction of sp³-hybridized carbons (Fsp3) is 0.767. The maximum absolute atomic E-state index is 11.2. The van der Waals surface area contributed by atoms with E-state index in [1.165, 1.54) is 12.0 Å². The Kier molecular flexibility index (Phi) is 9.81. The van der Waals surface area contributed by atoms with E-state index >= 15 is 0 Å². The van der Waals surface area contributed by atoms with Gasteiger partial charge >= 0.3 is 6.03 Å². The summed E-state index contributed by atoms with van der Waals surface area (Å²) in [5.74, 6) is 2.73. The molecule has 2 amide bonds. The highest BCUT2D eigenvalue weighted by Crippen LogP contribution is 2.41. The van der Waals surface area contributed by atoms with Crippen LogP contribution >= 0.6 is 0 Å². The van der Waals surface area contributed by atoms with E-state index in [1.54, 1.807) is 4.90 Å². The first kappa shape index (κ1) is 27.7. The first-order chi connectivity index (χ1) is 18.5. The number of amides is 2. The molecule has 1 aromatic rings. The molecule has 0 spiro atoms. The summed E-state index contributed by atoms with van der Waals surface area (Å²) in [5.41, 5.74) is 6.75. The van der Waals surface area contributed by atoms with Crippen molar-refractivity contribution >= 4 is 6.03 Å². The van der Waals surface area contributed by atoms with Crippen molar-refractivity contribution in [3.05, 3.63) is 29.8 Å². The monoisotopic (exact) mass is 529 g/mol. The second-order valence-corrected chi connectivity index (χ2v) is 12.1. The summed E-state index contributed by atoms with van der Waals surface area (Å²) in [5, 5.41) is 9.99. The smallest absolute Gasteiger partial charge is 0.314 e. The number of primary amides is 1. The zero-order valence-corrected chi connectivity index (χ0v) is 22.8. The molecule has 5 rings (SSSR count). The van der Waals surface area contributed by atoms with Crippen molar-refractivity contribution in [1.29, 1.82) is 0 Å². The highest BCUT2D eigenvalue weighted by molar-refractivity contribution is 5.72. The highest BCUT2D eigenvalue weighted by Gasteiger charge is 2.37. The predicted octanol–water partition coefficient (Wildman–Crippen LogP) is 4.46. The lowest BCUT2D eigenvalue weighted by Crippen LogP contribution is -2.50. The van der Waals surface area contributed by atoms with Crippen LogP contribution in [0.3, 0.4) is 0 Å². The second kappa shape index (κ2) is 13.5. The van der Waals surface area contributed by atoms with Crippen LogP contribution in [0, 0.1) is 11.8 Å². The van der Waals surface area contributed by atoms with E-state index < -0.39 is 0 Å². The molecule has 38 heavy (non-hydrogen) atoms. The molecule has 1 saturated heterocycles. The SMILES string of the molecule is NC(=O)N1CCN(CCCCOc2ccc(C3CCC(OOC4CC5CC(O)CC(C5)C4)CC3)cc2)CC1. The molecule has 4 aliphatic rings. The number of aliphatic hydroxyl groups is 1. The molecular formula is C30H47N3O5. The Hall–Kier alpha value is -1.87. The van der Waals surface area contributed by atoms with E-state index in [9.17, 15) is 9.90 Å². The van der Waals surface area contributed by atoms with Gasteiger partial charge in [0.25, 0.3) is 0 Å². The van der Waals surface area contributed by atoms with Crippen LogP contribution in [-0.4, -0.2) is 78.6 Å². The molecule has 8 nitrogen and oxygen atoms in total. The summed E-state index contributed by atoms with van der Waals surface area (Å²) in [6.07, 6.45) is 11.9. The standard InChI is InChI=1S/C30H47N3O5/c31-30(35)33-14-12-32(13-15-33)11-1-2-16-36-27-7-3-24(4-8-27)25-5-9-28(10-6-25)37-38-29-20-22-17-23(21-29)19-26(34)18-22/h3-4,7-8,22-23,25-26,28-29,34H,1-2,5-6,9-21H2,(H2,31,35). The number of unbranched alkanes of at least 4 members (excludes halogenated alkanes) is 1. The molecular weight excluding hydrogens is 482 g/mol. The number of nitrogens with two attached hydrogens (primary N) is 1. The van der Waals surface area contributed by atoms with Crippen LogP contribution in [0.25, 0.3) is 0 Å². The molecule has 2 unspecified atom stereocenters. The Morgan fingerprint density at radius 1 is 0.842 bits per heavy atom. The van der Waals surface area contributed by atoms with Gasteiger partial charge < -0.3 is 20.5 Å². The number of carbonyl (C=O) groups excluding carboxylic acids is 1. The van der Waals surface area contributed by atoms with Gasteiger partial charge in [-0.2, -0.15) is 0 Å². The lowest BCUT2D eigenvalue weighted by molar-refractivity contribution is -0.363. The lowest BCUT2D eigenvalue weighted by Gasteiger charge is -2.40. The molecule has 1 aliphatic heterocycles. The van der Waals surface area contributed by atoms with Gasteiger partial charge in [-0.15, -0.1) is 0 Å². The van der Waals surface area contributed by atoms with Crippen molar-refractivity contribution in [2.75, 3.05) is 39.3 Å². The van der Waals surface area contributed by atoms with Gasteiger partial charge in [0.1, 0.15) is 5.75 Å². The van der Waals surface area contributed by atoms with Gasteiger partial charge in [0, 0.05) is 26.2 Å². The average Bonchev–Trinajstić information content (AvgIpc) is 2.92. The Morgan fingerprint density at radius 2 is 1.50 bits per heavy atom. The molecule has 3 aliphatic carbocycles. The van der Waals surface area contributed by atoms with Gasteiger partial charge in [-0.3, -0.25) is 4.90 Å². The van der Waals surface area contributed by atoms with Crippen LogP contribution in [0.2, 0.25) is 0 Å². The van der Waals surface area contributed by atoms with Crippen LogP contribution in [0.1, 0.15) is 82.1 Å². The molecule has 1 heterocycles. The Balaban J connectivity index is 0.935. The average molecular weight is 530 g/mol. The van der Waals surface area contributed by atoms with E-state index in [1.807, 2.05) is 0 Å². The lowest BCUT2D eigenvalue weighted by atomic mass is 9.70. The number of rotatable bonds is 10. The minimum absolute atomic E-state index is 0.106. The summed E-state index contributed by atoms with van der Waals surface area (Å²) in [6.45, 7) is 5.03. The zero-order valence-electron chi connectivity index (χ0n) is 22.8. The first-order valence-corrected chi connectivity index (χ1v) is 15.0. The number of piperazine rings is 1. The molecule has 1 aromatic carbocycles. The van der Waals surface area contributed by atoms with E-state index in [0.29, 0.717) is 17.8 Å². The van der Waals surface area contributed by atoms with Crippen LogP contribution in [0.5, 0.6) is 5.75 Å². The predicted molar refractivity (Wildman–Crippen MR) is 146 cm³/mol. The van der Waals surface area contributed by atoms with Crippen molar-refractivity contribution in [1.82, 2.24) is 9.80 Å². The third-order valence-electron chi connectivity index (χ3n) is 9.24. The fourth-order valence-electron chi connectivity index (χ4n) is 7.14. The van der Waals surface area contributed by atoms with Crippen LogP contribution in [0.4, 0.5) is 4.79 Å². The maximum Gasteiger partial charge on any atom is 0.314 e. The topological polar surface area (TPSA) is 97.5 Å². The number of hydrogen-bond acceptors (Lipinski definition) is 6. The van der Waals surface area contributed by atoms with E-state index in [-0.39, 0.29) is 24.3 Å². The van der Waals surface area contributed by atoms with Gasteiger partial charge in [0.05, 0.1) is 24.9 Å². The zero-order chi connectivity index (χ0) is 26.3. The minimum atomic E-state index is -0.310. The number of hydrogen-bond donors (Lipinski definition) is 2. The highest BCUT2D eigenvalue weighted by atomic mass is 17.2. The van der Waals surface area contributed by atoms with Gasteiger partial charge in [-0.25, -0.2) is 14.6 Å². The number of aliphatic hydroxyl groups excluding tert-OH is 1. The molecule has 212 valence electrons. The maximum atomic E-state index is 11.2.